The lowest BCUT2D eigenvalue weighted by Gasteiger charge is -2.27. The summed E-state index contributed by atoms with van der Waals surface area (Å²) < 4.78 is 34.4. The lowest BCUT2D eigenvalue weighted by Crippen LogP contribution is -2.35. The molecular formula is C23H22Cl2F2N2O5. The molecule has 1 fully saturated rings. The Labute approximate surface area is 204 Å². The van der Waals surface area contributed by atoms with Crippen LogP contribution in [0.5, 0.6) is 5.75 Å². The maximum absolute atomic E-state index is 14.5. The van der Waals surface area contributed by atoms with Crippen LogP contribution in [0.25, 0.3) is 0 Å². The summed E-state index contributed by atoms with van der Waals surface area (Å²) in [5.41, 5.74) is -0.226. The van der Waals surface area contributed by atoms with Gasteiger partial charge in [-0.3, -0.25) is 14.4 Å². The molecule has 0 heterocycles. The van der Waals surface area contributed by atoms with Crippen molar-refractivity contribution in [3.8, 4) is 5.75 Å². The molecule has 11 heteroatoms. The lowest BCUT2D eigenvalue weighted by molar-refractivity contribution is -0.143. The molecule has 0 radical (unpaired) electrons. The van der Waals surface area contributed by atoms with Crippen molar-refractivity contribution < 1.29 is 33.0 Å². The molecule has 1 saturated carbocycles. The van der Waals surface area contributed by atoms with Gasteiger partial charge in [0.2, 0.25) is 0 Å². The zero-order valence-electron chi connectivity index (χ0n) is 17.9. The Kier molecular flexibility index (Phi) is 8.68. The molecule has 182 valence electrons. The number of amides is 2. The first-order valence-corrected chi connectivity index (χ1v) is 11.3. The first-order valence-electron chi connectivity index (χ1n) is 10.6. The Bertz CT molecular complexity index is 1090. The molecule has 7 nitrogen and oxygen atoms in total. The SMILES string of the molecule is O=C(NCCNC(=O)c1cc(F)c(O[C@H]2CC[C@@H](C(=O)O)CC2)cc1F)c1ccc(Cl)c(Cl)c1. The summed E-state index contributed by atoms with van der Waals surface area (Å²) in [6, 6.07) is 5.92. The third-order valence-electron chi connectivity index (χ3n) is 5.46. The topological polar surface area (TPSA) is 105 Å². The molecule has 0 saturated heterocycles. The summed E-state index contributed by atoms with van der Waals surface area (Å²) in [6.07, 6.45) is 1.18. The van der Waals surface area contributed by atoms with E-state index in [2.05, 4.69) is 10.6 Å². The standard InChI is InChI=1S/C23H22Cl2F2N2O5/c24-16-6-3-13(9-17(16)25)21(30)28-7-8-29-22(31)15-10-19(27)20(11-18(15)26)34-14-4-1-12(2-5-14)23(32)33/h3,6,9-12,14H,1-2,4-5,7-8H2,(H,28,30)(H,29,31)(H,32,33)/t12-,14+. The maximum Gasteiger partial charge on any atom is 0.306 e. The van der Waals surface area contributed by atoms with E-state index in [1.54, 1.807) is 0 Å². The molecule has 0 atom stereocenters. The van der Waals surface area contributed by atoms with Gasteiger partial charge in [0.25, 0.3) is 11.8 Å². The number of rotatable bonds is 8. The molecule has 0 bridgehead atoms. The Morgan fingerprint density at radius 2 is 1.56 bits per heavy atom. The second-order valence-corrected chi connectivity index (χ2v) is 8.65. The Hall–Kier alpha value is -2.91. The molecule has 2 aromatic carbocycles. The highest BCUT2D eigenvalue weighted by atomic mass is 35.5. The van der Waals surface area contributed by atoms with Crippen molar-refractivity contribution in [3.63, 3.8) is 0 Å². The molecule has 0 spiro atoms. The van der Waals surface area contributed by atoms with Crippen LogP contribution in [-0.2, 0) is 4.79 Å². The fraction of sp³-hybridized carbons (Fsp3) is 0.348. The van der Waals surface area contributed by atoms with E-state index in [0.29, 0.717) is 30.7 Å². The predicted octanol–water partition coefficient (Wildman–Crippen LogP) is 4.45. The highest BCUT2D eigenvalue weighted by Gasteiger charge is 2.28. The minimum atomic E-state index is -0.965. The molecule has 0 aromatic heterocycles. The fourth-order valence-corrected chi connectivity index (χ4v) is 3.88. The van der Waals surface area contributed by atoms with E-state index in [1.165, 1.54) is 18.2 Å². The van der Waals surface area contributed by atoms with Crippen LogP contribution in [0.1, 0.15) is 46.4 Å². The second-order valence-electron chi connectivity index (χ2n) is 7.83. The van der Waals surface area contributed by atoms with Gasteiger partial charge >= 0.3 is 5.97 Å². The van der Waals surface area contributed by atoms with Gasteiger partial charge in [0, 0.05) is 24.7 Å². The van der Waals surface area contributed by atoms with Gasteiger partial charge in [0.1, 0.15) is 5.82 Å². The van der Waals surface area contributed by atoms with Crippen molar-refractivity contribution in [2.75, 3.05) is 13.1 Å². The van der Waals surface area contributed by atoms with Gasteiger partial charge < -0.3 is 20.5 Å². The van der Waals surface area contributed by atoms with Gasteiger partial charge in [-0.1, -0.05) is 23.2 Å². The first-order chi connectivity index (χ1) is 16.2. The minimum Gasteiger partial charge on any atom is -0.487 e. The smallest absolute Gasteiger partial charge is 0.306 e. The number of ether oxygens (including phenoxy) is 1. The predicted molar refractivity (Wildman–Crippen MR) is 121 cm³/mol. The monoisotopic (exact) mass is 514 g/mol. The fourth-order valence-electron chi connectivity index (χ4n) is 3.59. The van der Waals surface area contributed by atoms with Gasteiger partial charge in [0.05, 0.1) is 27.6 Å². The lowest BCUT2D eigenvalue weighted by atomic mass is 9.87. The highest BCUT2D eigenvalue weighted by Crippen LogP contribution is 2.30. The summed E-state index contributed by atoms with van der Waals surface area (Å²) >= 11 is 11.7. The number of benzene rings is 2. The van der Waals surface area contributed by atoms with Crippen LogP contribution in [0.15, 0.2) is 30.3 Å². The van der Waals surface area contributed by atoms with Crippen LogP contribution in [0.2, 0.25) is 10.0 Å². The number of carbonyl (C=O) groups is 3. The van der Waals surface area contributed by atoms with Crippen molar-refractivity contribution in [2.24, 2.45) is 5.92 Å². The van der Waals surface area contributed by atoms with Crippen molar-refractivity contribution >= 4 is 41.0 Å². The van der Waals surface area contributed by atoms with E-state index in [0.717, 1.165) is 12.1 Å². The largest absolute Gasteiger partial charge is 0.487 e. The average molecular weight is 515 g/mol. The Morgan fingerprint density at radius 3 is 2.18 bits per heavy atom. The number of carboxylic acid groups (broad SMARTS) is 1. The number of carboxylic acids is 1. The van der Waals surface area contributed by atoms with E-state index in [9.17, 15) is 23.2 Å². The highest BCUT2D eigenvalue weighted by molar-refractivity contribution is 6.42. The third-order valence-corrected chi connectivity index (χ3v) is 6.20. The van der Waals surface area contributed by atoms with Gasteiger partial charge in [-0.2, -0.15) is 0 Å². The molecule has 1 aliphatic rings. The number of aliphatic carboxylic acids is 1. The zero-order chi connectivity index (χ0) is 24.8. The van der Waals surface area contributed by atoms with Crippen molar-refractivity contribution in [1.29, 1.82) is 0 Å². The van der Waals surface area contributed by atoms with Crippen LogP contribution in [-0.4, -0.2) is 42.1 Å². The summed E-state index contributed by atoms with van der Waals surface area (Å²) in [4.78, 5) is 35.4. The molecule has 3 N–H and O–H groups in total. The van der Waals surface area contributed by atoms with E-state index < -0.39 is 47.0 Å². The quantitative estimate of drug-likeness (QED) is 0.451. The normalized spacial score (nSPS) is 17.6. The minimum absolute atomic E-state index is 0.0297. The summed E-state index contributed by atoms with van der Waals surface area (Å²) in [6.45, 7) is 0.00710. The Balaban J connectivity index is 1.50. The van der Waals surface area contributed by atoms with E-state index in [1.807, 2.05) is 0 Å². The molecule has 0 unspecified atom stereocenters. The third kappa shape index (κ3) is 6.57. The Morgan fingerprint density at radius 1 is 0.912 bits per heavy atom. The first kappa shape index (κ1) is 25.7. The van der Waals surface area contributed by atoms with Gasteiger partial charge in [-0.15, -0.1) is 0 Å². The molecular weight excluding hydrogens is 493 g/mol. The van der Waals surface area contributed by atoms with Crippen molar-refractivity contribution in [1.82, 2.24) is 10.6 Å². The summed E-state index contributed by atoms with van der Waals surface area (Å²) in [5, 5.41) is 14.5. The maximum atomic E-state index is 14.5. The summed E-state index contributed by atoms with van der Waals surface area (Å²) in [7, 11) is 0. The molecule has 0 aliphatic heterocycles. The number of carbonyl (C=O) groups excluding carboxylic acids is 2. The number of halogens is 4. The van der Waals surface area contributed by atoms with Crippen LogP contribution >= 0.6 is 23.2 Å². The molecule has 34 heavy (non-hydrogen) atoms. The number of nitrogens with one attached hydrogen (secondary N) is 2. The van der Waals surface area contributed by atoms with E-state index in [-0.39, 0.29) is 29.4 Å². The van der Waals surface area contributed by atoms with E-state index in [4.69, 9.17) is 33.0 Å². The molecule has 2 aromatic rings. The van der Waals surface area contributed by atoms with Gasteiger partial charge in [-0.25, -0.2) is 8.78 Å². The number of hydrogen-bond donors (Lipinski definition) is 3. The zero-order valence-corrected chi connectivity index (χ0v) is 19.4. The van der Waals surface area contributed by atoms with Crippen molar-refractivity contribution in [2.45, 2.75) is 31.8 Å². The van der Waals surface area contributed by atoms with Crippen molar-refractivity contribution in [3.05, 3.63) is 63.1 Å². The van der Waals surface area contributed by atoms with Gasteiger partial charge in [-0.05, 0) is 49.9 Å². The molecule has 2 amide bonds. The molecule has 1 aliphatic carbocycles. The van der Waals surface area contributed by atoms with Crippen LogP contribution in [0.4, 0.5) is 8.78 Å². The molecule has 3 rings (SSSR count). The van der Waals surface area contributed by atoms with Crippen LogP contribution in [0, 0.1) is 17.6 Å². The summed E-state index contributed by atoms with van der Waals surface area (Å²) in [5.74, 6) is -4.83. The van der Waals surface area contributed by atoms with Crippen LogP contribution in [0.3, 0.4) is 0 Å². The average Bonchev–Trinajstić information content (AvgIpc) is 2.80. The second kappa shape index (κ2) is 11.5. The van der Waals surface area contributed by atoms with Crippen LogP contribution < -0.4 is 15.4 Å². The van der Waals surface area contributed by atoms with E-state index >= 15 is 0 Å². The van der Waals surface area contributed by atoms with Gasteiger partial charge in [0.15, 0.2) is 11.6 Å². The number of hydrogen-bond acceptors (Lipinski definition) is 4.